The number of thiazole rings is 1. The lowest BCUT2D eigenvalue weighted by molar-refractivity contribution is -0.121. The lowest BCUT2D eigenvalue weighted by atomic mass is 10.0. The summed E-state index contributed by atoms with van der Waals surface area (Å²) < 4.78 is 0. The number of anilines is 1. The van der Waals surface area contributed by atoms with Gasteiger partial charge in [-0.2, -0.15) is 0 Å². The number of nitrogens with one attached hydrogen (secondary N) is 1. The number of aliphatic hydroxyl groups excluding tert-OH is 1. The second kappa shape index (κ2) is 7.01. The summed E-state index contributed by atoms with van der Waals surface area (Å²) in [4.78, 5) is 19.3. The molecule has 6 nitrogen and oxygen atoms in total. The number of rotatable bonds is 5. The molecule has 7 heteroatoms. The number of aryl methyl sites for hydroxylation is 1. The summed E-state index contributed by atoms with van der Waals surface area (Å²) >= 11 is 1.38. The van der Waals surface area contributed by atoms with Crippen molar-refractivity contribution in [3.05, 3.63) is 10.6 Å². The number of nitrogen functional groups attached to an aromatic ring is 1. The number of carbonyl (C=O) groups is 1. The summed E-state index contributed by atoms with van der Waals surface area (Å²) in [6.07, 6.45) is 2.24. The molecule has 0 saturated carbocycles. The highest BCUT2D eigenvalue weighted by atomic mass is 32.1. The maximum atomic E-state index is 12.0. The van der Waals surface area contributed by atoms with E-state index in [-0.39, 0.29) is 18.6 Å². The number of likely N-dealkylation sites (tertiary alicyclic amines) is 1. The van der Waals surface area contributed by atoms with Crippen LogP contribution in [0.4, 0.5) is 5.13 Å². The molecule has 0 aromatic carbocycles. The number of carbonyl (C=O) groups excluding carboxylic acids is 1. The Bertz CT molecular complexity index is 455. The fourth-order valence-corrected chi connectivity index (χ4v) is 3.31. The average molecular weight is 298 g/mol. The van der Waals surface area contributed by atoms with Gasteiger partial charge in [0.05, 0.1) is 18.7 Å². The van der Waals surface area contributed by atoms with Crippen LogP contribution in [0.15, 0.2) is 0 Å². The quantitative estimate of drug-likeness (QED) is 0.720. The standard InChI is InChI=1S/C13H22N4O2S/c1-9-11(20-13(14)15-9)8-12(19)16-10-2-4-17(5-3-10)6-7-18/h10,18H,2-8H2,1H3,(H2,14,15)(H,16,19). The molecule has 0 unspecified atom stereocenters. The van der Waals surface area contributed by atoms with Crippen molar-refractivity contribution in [3.8, 4) is 0 Å². The number of nitrogens with zero attached hydrogens (tertiary/aromatic N) is 2. The van der Waals surface area contributed by atoms with E-state index in [9.17, 15) is 4.79 Å². The minimum absolute atomic E-state index is 0.0392. The predicted octanol–water partition coefficient (Wildman–Crippen LogP) is 0.149. The minimum Gasteiger partial charge on any atom is -0.395 e. The Kier molecular flexibility index (Phi) is 5.33. The third-order valence-corrected chi connectivity index (χ3v) is 4.59. The Hall–Kier alpha value is -1.18. The molecule has 0 bridgehead atoms. The average Bonchev–Trinajstić information content (AvgIpc) is 2.70. The van der Waals surface area contributed by atoms with Crippen LogP contribution in [0.5, 0.6) is 0 Å². The first-order valence-corrected chi connectivity index (χ1v) is 7.74. The molecule has 1 saturated heterocycles. The van der Waals surface area contributed by atoms with Gasteiger partial charge in [0.2, 0.25) is 5.91 Å². The van der Waals surface area contributed by atoms with Gasteiger partial charge >= 0.3 is 0 Å². The van der Waals surface area contributed by atoms with Crippen LogP contribution in [0.3, 0.4) is 0 Å². The number of piperidine rings is 1. The second-order valence-electron chi connectivity index (χ2n) is 5.14. The number of aliphatic hydroxyl groups is 1. The maximum absolute atomic E-state index is 12.0. The molecular formula is C13H22N4O2S. The number of amides is 1. The molecule has 0 aliphatic carbocycles. The van der Waals surface area contributed by atoms with Gasteiger partial charge in [-0.15, -0.1) is 11.3 Å². The fourth-order valence-electron chi connectivity index (χ4n) is 2.48. The summed E-state index contributed by atoms with van der Waals surface area (Å²) in [5.74, 6) is 0.0392. The Morgan fingerprint density at radius 2 is 2.25 bits per heavy atom. The van der Waals surface area contributed by atoms with Gasteiger partial charge in [0.25, 0.3) is 0 Å². The van der Waals surface area contributed by atoms with Crippen LogP contribution in [-0.4, -0.2) is 53.2 Å². The number of hydrogen-bond donors (Lipinski definition) is 3. The van der Waals surface area contributed by atoms with Gasteiger partial charge in [-0.1, -0.05) is 0 Å². The van der Waals surface area contributed by atoms with Crippen molar-refractivity contribution in [2.75, 3.05) is 32.0 Å². The van der Waals surface area contributed by atoms with E-state index in [1.54, 1.807) is 0 Å². The number of aromatic nitrogens is 1. The first-order chi connectivity index (χ1) is 9.58. The van der Waals surface area contributed by atoms with E-state index in [1.807, 2.05) is 6.92 Å². The van der Waals surface area contributed by atoms with E-state index in [1.165, 1.54) is 11.3 Å². The zero-order chi connectivity index (χ0) is 14.5. The lowest BCUT2D eigenvalue weighted by Gasteiger charge is -2.31. The van der Waals surface area contributed by atoms with E-state index in [0.717, 1.165) is 43.0 Å². The highest BCUT2D eigenvalue weighted by Gasteiger charge is 2.20. The van der Waals surface area contributed by atoms with Crippen molar-refractivity contribution in [2.45, 2.75) is 32.2 Å². The molecule has 1 aromatic heterocycles. The van der Waals surface area contributed by atoms with Crippen LogP contribution >= 0.6 is 11.3 Å². The van der Waals surface area contributed by atoms with Gasteiger partial charge in [0, 0.05) is 30.6 Å². The lowest BCUT2D eigenvalue weighted by Crippen LogP contribution is -2.45. The zero-order valence-electron chi connectivity index (χ0n) is 11.8. The second-order valence-corrected chi connectivity index (χ2v) is 6.26. The van der Waals surface area contributed by atoms with Gasteiger partial charge in [0.15, 0.2) is 5.13 Å². The fraction of sp³-hybridized carbons (Fsp3) is 0.692. The van der Waals surface area contributed by atoms with Crippen LogP contribution in [0.1, 0.15) is 23.4 Å². The van der Waals surface area contributed by atoms with E-state index in [0.29, 0.717) is 11.6 Å². The molecule has 1 aromatic rings. The molecule has 2 rings (SSSR count). The van der Waals surface area contributed by atoms with Gasteiger partial charge in [-0.05, 0) is 19.8 Å². The highest BCUT2D eigenvalue weighted by molar-refractivity contribution is 7.15. The maximum Gasteiger partial charge on any atom is 0.225 e. The van der Waals surface area contributed by atoms with Crippen LogP contribution < -0.4 is 11.1 Å². The van der Waals surface area contributed by atoms with E-state index in [4.69, 9.17) is 10.8 Å². The SMILES string of the molecule is Cc1nc(N)sc1CC(=O)NC1CCN(CCO)CC1. The van der Waals surface area contributed by atoms with Crippen molar-refractivity contribution in [1.29, 1.82) is 0 Å². The number of β-amino-alcohol motifs (C(OH)–C–C–N with tert-alkyl or cyclic N) is 1. The summed E-state index contributed by atoms with van der Waals surface area (Å²) in [7, 11) is 0. The van der Waals surface area contributed by atoms with Crippen molar-refractivity contribution < 1.29 is 9.90 Å². The van der Waals surface area contributed by atoms with E-state index < -0.39 is 0 Å². The van der Waals surface area contributed by atoms with E-state index in [2.05, 4.69) is 15.2 Å². The van der Waals surface area contributed by atoms with Gasteiger partial charge in [-0.3, -0.25) is 4.79 Å². The predicted molar refractivity (Wildman–Crippen MR) is 79.7 cm³/mol. The molecule has 1 amide bonds. The van der Waals surface area contributed by atoms with Gasteiger partial charge in [0.1, 0.15) is 0 Å². The topological polar surface area (TPSA) is 91.5 Å². The molecule has 0 atom stereocenters. The summed E-state index contributed by atoms with van der Waals surface area (Å²) in [6, 6.07) is 0.239. The summed E-state index contributed by atoms with van der Waals surface area (Å²) in [5, 5.41) is 12.5. The van der Waals surface area contributed by atoms with E-state index >= 15 is 0 Å². The van der Waals surface area contributed by atoms with Crippen LogP contribution in [-0.2, 0) is 11.2 Å². The molecule has 0 spiro atoms. The Morgan fingerprint density at radius 1 is 1.55 bits per heavy atom. The first kappa shape index (κ1) is 15.2. The highest BCUT2D eigenvalue weighted by Crippen LogP contribution is 2.20. The molecule has 4 N–H and O–H groups in total. The molecule has 1 aliphatic rings. The van der Waals surface area contributed by atoms with Gasteiger partial charge in [-0.25, -0.2) is 4.98 Å². The molecule has 20 heavy (non-hydrogen) atoms. The number of hydrogen-bond acceptors (Lipinski definition) is 6. The molecule has 0 radical (unpaired) electrons. The van der Waals surface area contributed by atoms with Crippen molar-refractivity contribution in [1.82, 2.24) is 15.2 Å². The number of nitrogens with two attached hydrogens (primary N) is 1. The molecular weight excluding hydrogens is 276 g/mol. The van der Waals surface area contributed by atoms with Crippen LogP contribution in [0.25, 0.3) is 0 Å². The Labute approximate surface area is 123 Å². The summed E-state index contributed by atoms with van der Waals surface area (Å²) in [5.41, 5.74) is 6.48. The molecule has 1 fully saturated rings. The summed E-state index contributed by atoms with van der Waals surface area (Å²) in [6.45, 7) is 4.65. The third kappa shape index (κ3) is 4.16. The Morgan fingerprint density at radius 3 is 2.80 bits per heavy atom. The first-order valence-electron chi connectivity index (χ1n) is 6.93. The van der Waals surface area contributed by atoms with Gasteiger partial charge < -0.3 is 21.1 Å². The molecule has 1 aliphatic heterocycles. The normalized spacial score (nSPS) is 17.3. The molecule has 112 valence electrons. The van der Waals surface area contributed by atoms with Crippen molar-refractivity contribution in [2.24, 2.45) is 0 Å². The smallest absolute Gasteiger partial charge is 0.225 e. The van der Waals surface area contributed by atoms with Crippen molar-refractivity contribution in [3.63, 3.8) is 0 Å². The zero-order valence-corrected chi connectivity index (χ0v) is 12.6. The van der Waals surface area contributed by atoms with Crippen LogP contribution in [0.2, 0.25) is 0 Å². The molecule has 2 heterocycles. The Balaban J connectivity index is 1.77. The monoisotopic (exact) mass is 298 g/mol. The van der Waals surface area contributed by atoms with Crippen molar-refractivity contribution >= 4 is 22.4 Å². The third-order valence-electron chi connectivity index (χ3n) is 3.60. The van der Waals surface area contributed by atoms with Crippen LogP contribution in [0, 0.1) is 6.92 Å². The minimum atomic E-state index is 0.0392. The largest absolute Gasteiger partial charge is 0.395 e.